The van der Waals surface area contributed by atoms with Crippen LogP contribution in [-0.2, 0) is 7.05 Å². The second-order valence-corrected chi connectivity index (χ2v) is 4.53. The van der Waals surface area contributed by atoms with Crippen molar-refractivity contribution in [1.82, 2.24) is 14.8 Å². The summed E-state index contributed by atoms with van der Waals surface area (Å²) in [6.07, 6.45) is 3.37. The van der Waals surface area contributed by atoms with Gasteiger partial charge in [0.15, 0.2) is 0 Å². The summed E-state index contributed by atoms with van der Waals surface area (Å²) in [4.78, 5) is 16.6. The van der Waals surface area contributed by atoms with Gasteiger partial charge in [-0.05, 0) is 18.4 Å². The summed E-state index contributed by atoms with van der Waals surface area (Å²) in [6, 6.07) is 9.53. The van der Waals surface area contributed by atoms with E-state index in [1.165, 1.54) is 0 Å². The molecule has 2 heterocycles. The van der Waals surface area contributed by atoms with Gasteiger partial charge < -0.3 is 0 Å². The Morgan fingerprint density at radius 3 is 2.74 bits per heavy atom. The van der Waals surface area contributed by atoms with E-state index in [4.69, 9.17) is 0 Å². The highest BCUT2D eigenvalue weighted by Crippen LogP contribution is 2.19. The van der Waals surface area contributed by atoms with E-state index < -0.39 is 0 Å². The Bertz CT molecular complexity index is 749. The first-order chi connectivity index (χ1) is 9.16. The van der Waals surface area contributed by atoms with Crippen molar-refractivity contribution in [3.05, 3.63) is 59.7 Å². The van der Waals surface area contributed by atoms with E-state index in [9.17, 15) is 4.79 Å². The Morgan fingerprint density at radius 1 is 1.21 bits per heavy atom. The fourth-order valence-corrected chi connectivity index (χ4v) is 2.11. The van der Waals surface area contributed by atoms with E-state index >= 15 is 0 Å². The molecule has 4 heteroatoms. The molecule has 3 aromatic rings. The van der Waals surface area contributed by atoms with Crippen molar-refractivity contribution in [2.45, 2.75) is 6.92 Å². The van der Waals surface area contributed by atoms with Crippen LogP contribution in [0.3, 0.4) is 0 Å². The molecule has 0 amide bonds. The molecule has 0 aliphatic rings. The van der Waals surface area contributed by atoms with Crippen LogP contribution in [0.25, 0.3) is 10.8 Å². The van der Waals surface area contributed by atoms with Gasteiger partial charge in [-0.3, -0.25) is 14.5 Å². The minimum Gasteiger partial charge on any atom is -0.287 e. The molecule has 0 radical (unpaired) electrons. The molecule has 2 aromatic heterocycles. The lowest BCUT2D eigenvalue weighted by Crippen LogP contribution is -2.04. The van der Waals surface area contributed by atoms with Crippen molar-refractivity contribution in [2.75, 3.05) is 0 Å². The maximum atomic E-state index is 12.5. The maximum Gasteiger partial charge on any atom is 0.215 e. The predicted molar refractivity (Wildman–Crippen MR) is 73.1 cm³/mol. The van der Waals surface area contributed by atoms with Crippen LogP contribution < -0.4 is 0 Å². The molecule has 0 aliphatic carbocycles. The molecule has 0 aliphatic heterocycles. The number of hydrogen-bond donors (Lipinski definition) is 0. The van der Waals surface area contributed by atoms with Gasteiger partial charge in [0, 0.05) is 30.5 Å². The Labute approximate surface area is 110 Å². The number of aryl methyl sites for hydroxylation is 2. The van der Waals surface area contributed by atoms with Crippen LogP contribution in [0.15, 0.2) is 42.7 Å². The normalized spacial score (nSPS) is 10.8. The smallest absolute Gasteiger partial charge is 0.215 e. The van der Waals surface area contributed by atoms with Crippen LogP contribution >= 0.6 is 0 Å². The SMILES string of the molecule is Cc1cc(C(=O)c2cncc3ccccc23)nn1C. The molecule has 1 aromatic carbocycles. The topological polar surface area (TPSA) is 47.8 Å². The first-order valence-electron chi connectivity index (χ1n) is 6.05. The van der Waals surface area contributed by atoms with Crippen LogP contribution in [0.2, 0.25) is 0 Å². The highest BCUT2D eigenvalue weighted by molar-refractivity contribution is 6.15. The monoisotopic (exact) mass is 251 g/mol. The molecule has 4 nitrogen and oxygen atoms in total. The Hall–Kier alpha value is -2.49. The van der Waals surface area contributed by atoms with E-state index in [0.717, 1.165) is 16.5 Å². The van der Waals surface area contributed by atoms with Crippen molar-refractivity contribution < 1.29 is 4.79 Å². The Balaban J connectivity index is 2.16. The third-order valence-corrected chi connectivity index (χ3v) is 3.26. The third-order valence-electron chi connectivity index (χ3n) is 3.26. The van der Waals surface area contributed by atoms with Crippen LogP contribution in [0, 0.1) is 6.92 Å². The molecule has 0 saturated carbocycles. The number of rotatable bonds is 2. The standard InChI is InChI=1S/C15H13N3O/c1-10-7-14(17-18(10)2)15(19)13-9-16-8-11-5-3-4-6-12(11)13/h3-9H,1-2H3. The number of hydrogen-bond acceptors (Lipinski definition) is 3. The van der Waals surface area contributed by atoms with Crippen LogP contribution in [-0.4, -0.2) is 20.5 Å². The van der Waals surface area contributed by atoms with Gasteiger partial charge in [-0.15, -0.1) is 0 Å². The second-order valence-electron chi connectivity index (χ2n) is 4.53. The molecular formula is C15H13N3O. The molecule has 0 fully saturated rings. The zero-order valence-corrected chi connectivity index (χ0v) is 10.8. The van der Waals surface area contributed by atoms with Crippen molar-refractivity contribution in [1.29, 1.82) is 0 Å². The lowest BCUT2D eigenvalue weighted by molar-refractivity contribution is 0.103. The van der Waals surface area contributed by atoms with Crippen molar-refractivity contribution in [2.24, 2.45) is 7.05 Å². The molecule has 0 spiro atoms. The highest BCUT2D eigenvalue weighted by atomic mass is 16.1. The number of aromatic nitrogens is 3. The van der Waals surface area contributed by atoms with Crippen LogP contribution in [0.1, 0.15) is 21.7 Å². The summed E-state index contributed by atoms with van der Waals surface area (Å²) in [7, 11) is 1.83. The minimum atomic E-state index is -0.0898. The first kappa shape index (κ1) is 11.6. The van der Waals surface area contributed by atoms with Gasteiger partial charge in [0.25, 0.3) is 0 Å². The Morgan fingerprint density at radius 2 is 2.00 bits per heavy atom. The summed E-state index contributed by atoms with van der Waals surface area (Å²) < 4.78 is 1.70. The van der Waals surface area contributed by atoms with Gasteiger partial charge in [-0.2, -0.15) is 5.10 Å². The number of benzene rings is 1. The molecule has 3 rings (SSSR count). The largest absolute Gasteiger partial charge is 0.287 e. The molecule has 0 saturated heterocycles. The molecule has 0 N–H and O–H groups in total. The lowest BCUT2D eigenvalue weighted by atomic mass is 10.0. The van der Waals surface area contributed by atoms with E-state index in [0.29, 0.717) is 11.3 Å². The summed E-state index contributed by atoms with van der Waals surface area (Å²) in [6.45, 7) is 1.92. The summed E-state index contributed by atoms with van der Waals surface area (Å²) >= 11 is 0. The minimum absolute atomic E-state index is 0.0898. The number of fused-ring (bicyclic) bond motifs is 1. The number of carbonyl (C=O) groups is 1. The molecular weight excluding hydrogens is 238 g/mol. The van der Waals surface area contributed by atoms with Crippen LogP contribution in [0.5, 0.6) is 0 Å². The van der Waals surface area contributed by atoms with Gasteiger partial charge in [-0.25, -0.2) is 0 Å². The number of carbonyl (C=O) groups excluding carboxylic acids is 1. The number of ketones is 1. The van der Waals surface area contributed by atoms with E-state index in [1.807, 2.05) is 38.2 Å². The van der Waals surface area contributed by atoms with E-state index in [1.54, 1.807) is 23.1 Å². The number of nitrogens with zero attached hydrogens (tertiary/aromatic N) is 3. The summed E-state index contributed by atoms with van der Waals surface area (Å²) in [5.41, 5.74) is 2.01. The first-order valence-corrected chi connectivity index (χ1v) is 6.05. The molecule has 94 valence electrons. The third kappa shape index (κ3) is 1.91. The zero-order chi connectivity index (χ0) is 13.4. The predicted octanol–water partition coefficient (Wildman–Crippen LogP) is 2.51. The van der Waals surface area contributed by atoms with Crippen molar-refractivity contribution in [3.8, 4) is 0 Å². The van der Waals surface area contributed by atoms with Gasteiger partial charge in [0.1, 0.15) is 5.69 Å². The Kier molecular flexibility index (Phi) is 2.63. The van der Waals surface area contributed by atoms with Gasteiger partial charge in [-0.1, -0.05) is 24.3 Å². The van der Waals surface area contributed by atoms with E-state index in [-0.39, 0.29) is 5.78 Å². The van der Waals surface area contributed by atoms with Gasteiger partial charge in [0.05, 0.1) is 5.56 Å². The zero-order valence-electron chi connectivity index (χ0n) is 10.8. The van der Waals surface area contributed by atoms with Gasteiger partial charge in [0.2, 0.25) is 5.78 Å². The highest BCUT2D eigenvalue weighted by Gasteiger charge is 2.16. The quantitative estimate of drug-likeness (QED) is 0.657. The average molecular weight is 251 g/mol. The van der Waals surface area contributed by atoms with E-state index in [2.05, 4.69) is 10.1 Å². The number of pyridine rings is 1. The van der Waals surface area contributed by atoms with Crippen molar-refractivity contribution in [3.63, 3.8) is 0 Å². The fraction of sp³-hybridized carbons (Fsp3) is 0.133. The van der Waals surface area contributed by atoms with Gasteiger partial charge >= 0.3 is 0 Å². The summed E-state index contributed by atoms with van der Waals surface area (Å²) in [5, 5.41) is 6.10. The molecule has 19 heavy (non-hydrogen) atoms. The fourth-order valence-electron chi connectivity index (χ4n) is 2.11. The maximum absolute atomic E-state index is 12.5. The van der Waals surface area contributed by atoms with Crippen molar-refractivity contribution >= 4 is 16.6 Å². The summed E-state index contributed by atoms with van der Waals surface area (Å²) in [5.74, 6) is -0.0898. The lowest BCUT2D eigenvalue weighted by Gasteiger charge is -2.02. The van der Waals surface area contributed by atoms with Crippen LogP contribution in [0.4, 0.5) is 0 Å². The molecule has 0 atom stereocenters. The second kappa shape index (κ2) is 4.31. The average Bonchev–Trinajstić information content (AvgIpc) is 2.77. The molecule has 0 unspecified atom stereocenters. The molecule has 0 bridgehead atoms.